The van der Waals surface area contributed by atoms with Crippen molar-refractivity contribution in [3.05, 3.63) is 56.8 Å². The molecule has 1 unspecified atom stereocenters. The van der Waals surface area contributed by atoms with Gasteiger partial charge in [0.2, 0.25) is 5.91 Å². The summed E-state index contributed by atoms with van der Waals surface area (Å²) in [6, 6.07) is 10.4. The average molecular weight is 356 g/mol. The molecule has 0 saturated carbocycles. The smallest absolute Gasteiger partial charge is 0.223 e. The molecule has 2 aromatic rings. The molecule has 4 heteroatoms. The number of benzene rings is 1. The van der Waals surface area contributed by atoms with E-state index >= 15 is 0 Å². The second kappa shape index (κ2) is 7.52. The molecule has 1 atom stereocenters. The summed E-state index contributed by atoms with van der Waals surface area (Å²) in [7, 11) is 0. The lowest BCUT2D eigenvalue weighted by Gasteiger charge is -2.25. The highest BCUT2D eigenvalue weighted by molar-refractivity contribution is 7.14. The summed E-state index contributed by atoms with van der Waals surface area (Å²) in [5.74, 6) is 0.177. The van der Waals surface area contributed by atoms with Gasteiger partial charge in [0.05, 0.1) is 10.9 Å². The Morgan fingerprint density at radius 1 is 1.08 bits per heavy atom. The summed E-state index contributed by atoms with van der Waals surface area (Å²) >= 11 is 1.51. The maximum Gasteiger partial charge on any atom is 0.223 e. The van der Waals surface area contributed by atoms with Gasteiger partial charge in [-0.15, -0.1) is 11.3 Å². The first-order chi connectivity index (χ1) is 12.0. The fourth-order valence-electron chi connectivity index (χ4n) is 3.46. The molecule has 1 aromatic carbocycles. The van der Waals surface area contributed by atoms with Gasteiger partial charge in [0, 0.05) is 24.3 Å². The average Bonchev–Trinajstić information content (AvgIpc) is 3.24. The van der Waals surface area contributed by atoms with E-state index in [1.807, 2.05) is 24.0 Å². The Hall–Kier alpha value is -1.94. The predicted molar refractivity (Wildman–Crippen MR) is 102 cm³/mol. The van der Waals surface area contributed by atoms with Crippen molar-refractivity contribution >= 4 is 23.0 Å². The maximum atomic E-state index is 12.7. The molecule has 0 bridgehead atoms. The molecule has 0 N–H and O–H groups in total. The number of amides is 1. The molecule has 0 aliphatic carbocycles. The van der Waals surface area contributed by atoms with Crippen LogP contribution in [-0.4, -0.2) is 23.1 Å². The van der Waals surface area contributed by atoms with E-state index in [1.165, 1.54) is 28.0 Å². The van der Waals surface area contributed by atoms with Crippen LogP contribution in [0.1, 0.15) is 63.0 Å². The molecule has 1 aliphatic heterocycles. The number of ketones is 1. The summed E-state index contributed by atoms with van der Waals surface area (Å²) in [5.41, 5.74) is 3.76. The lowest BCUT2D eigenvalue weighted by atomic mass is 9.99. The molecule has 1 aromatic heterocycles. The molecule has 132 valence electrons. The monoisotopic (exact) mass is 355 g/mol. The second-order valence-electron chi connectivity index (χ2n) is 6.92. The number of hydrogen-bond acceptors (Lipinski definition) is 3. The Morgan fingerprint density at radius 3 is 2.56 bits per heavy atom. The maximum absolute atomic E-state index is 12.7. The van der Waals surface area contributed by atoms with Crippen molar-refractivity contribution < 1.29 is 9.59 Å². The van der Waals surface area contributed by atoms with Crippen LogP contribution in [-0.2, 0) is 4.79 Å². The van der Waals surface area contributed by atoms with Crippen LogP contribution in [0.2, 0.25) is 0 Å². The predicted octanol–water partition coefficient (Wildman–Crippen LogP) is 5.00. The van der Waals surface area contributed by atoms with Gasteiger partial charge in [-0.1, -0.05) is 18.2 Å². The molecule has 25 heavy (non-hydrogen) atoms. The minimum absolute atomic E-state index is 0.0772. The summed E-state index contributed by atoms with van der Waals surface area (Å²) in [4.78, 5) is 28.8. The van der Waals surface area contributed by atoms with Gasteiger partial charge in [-0.25, -0.2) is 0 Å². The first kappa shape index (κ1) is 17.9. The number of thiophene rings is 1. The highest BCUT2D eigenvalue weighted by atomic mass is 32.1. The first-order valence-electron chi connectivity index (χ1n) is 8.92. The van der Waals surface area contributed by atoms with E-state index < -0.39 is 0 Å². The van der Waals surface area contributed by atoms with Crippen LogP contribution in [0.3, 0.4) is 0 Å². The van der Waals surface area contributed by atoms with Crippen molar-refractivity contribution in [3.63, 3.8) is 0 Å². The van der Waals surface area contributed by atoms with Gasteiger partial charge in [-0.2, -0.15) is 0 Å². The van der Waals surface area contributed by atoms with E-state index in [-0.39, 0.29) is 17.7 Å². The molecule has 0 spiro atoms. The lowest BCUT2D eigenvalue weighted by molar-refractivity contribution is -0.132. The Labute approximate surface area is 153 Å². The Kier molecular flexibility index (Phi) is 5.38. The zero-order valence-electron chi connectivity index (χ0n) is 15.2. The van der Waals surface area contributed by atoms with Crippen molar-refractivity contribution in [3.8, 4) is 0 Å². The van der Waals surface area contributed by atoms with Gasteiger partial charge in [-0.05, 0) is 62.4 Å². The van der Waals surface area contributed by atoms with Crippen LogP contribution in [0.15, 0.2) is 30.3 Å². The number of carbonyl (C=O) groups excluding carboxylic acids is 2. The fraction of sp³-hybridized carbons (Fsp3) is 0.429. The van der Waals surface area contributed by atoms with Gasteiger partial charge in [0.15, 0.2) is 5.78 Å². The van der Waals surface area contributed by atoms with Crippen molar-refractivity contribution in [1.82, 2.24) is 4.90 Å². The molecule has 1 saturated heterocycles. The Balaban J connectivity index is 1.64. The van der Waals surface area contributed by atoms with E-state index in [1.54, 1.807) is 0 Å². The summed E-state index contributed by atoms with van der Waals surface area (Å²) < 4.78 is 0. The number of carbonyl (C=O) groups is 2. The van der Waals surface area contributed by atoms with Crippen molar-refractivity contribution in [2.24, 2.45) is 0 Å². The highest BCUT2D eigenvalue weighted by Gasteiger charge is 2.30. The topological polar surface area (TPSA) is 37.4 Å². The van der Waals surface area contributed by atoms with Crippen molar-refractivity contribution in [2.75, 3.05) is 6.54 Å². The van der Waals surface area contributed by atoms with E-state index in [0.717, 1.165) is 29.1 Å². The molecule has 3 nitrogen and oxygen atoms in total. The molecule has 1 aliphatic rings. The van der Waals surface area contributed by atoms with Gasteiger partial charge in [-0.3, -0.25) is 9.59 Å². The Morgan fingerprint density at radius 2 is 1.88 bits per heavy atom. The quantitative estimate of drug-likeness (QED) is 0.708. The minimum Gasteiger partial charge on any atom is -0.336 e. The molecule has 1 amide bonds. The largest absolute Gasteiger partial charge is 0.336 e. The first-order valence-corrected chi connectivity index (χ1v) is 9.73. The van der Waals surface area contributed by atoms with Crippen LogP contribution >= 0.6 is 11.3 Å². The van der Waals surface area contributed by atoms with Crippen LogP contribution in [0.5, 0.6) is 0 Å². The third-order valence-corrected chi connectivity index (χ3v) is 6.11. The zero-order chi connectivity index (χ0) is 18.0. The normalized spacial score (nSPS) is 17.1. The Bertz CT molecular complexity index is 793. The number of nitrogens with zero attached hydrogens (tertiary/aromatic N) is 1. The molecule has 3 rings (SSSR count). The van der Waals surface area contributed by atoms with Gasteiger partial charge in [0.1, 0.15) is 0 Å². The number of likely N-dealkylation sites (tertiary alicyclic amines) is 1. The van der Waals surface area contributed by atoms with Gasteiger partial charge >= 0.3 is 0 Å². The van der Waals surface area contributed by atoms with Crippen molar-refractivity contribution in [1.29, 1.82) is 0 Å². The summed E-state index contributed by atoms with van der Waals surface area (Å²) in [6.07, 6.45) is 2.64. The number of aryl methyl sites for hydroxylation is 3. The highest BCUT2D eigenvalue weighted by Crippen LogP contribution is 2.33. The SMILES string of the molecule is Cc1ccc(C(=O)CCC(=O)N2CCCC2c2ccc(C)c(C)c2)s1. The molecule has 0 radical (unpaired) electrons. The van der Waals surface area contributed by atoms with Crippen molar-refractivity contribution in [2.45, 2.75) is 52.5 Å². The third-order valence-electron chi connectivity index (χ3n) is 5.07. The summed E-state index contributed by atoms with van der Waals surface area (Å²) in [5, 5.41) is 0. The van der Waals surface area contributed by atoms with Crippen LogP contribution < -0.4 is 0 Å². The molecular weight excluding hydrogens is 330 g/mol. The summed E-state index contributed by atoms with van der Waals surface area (Å²) in [6.45, 7) is 7.00. The second-order valence-corrected chi connectivity index (χ2v) is 8.21. The van der Waals surface area contributed by atoms with Gasteiger partial charge in [0.25, 0.3) is 0 Å². The fourth-order valence-corrected chi connectivity index (χ4v) is 4.29. The van der Waals surface area contributed by atoms with Crippen LogP contribution in [0, 0.1) is 20.8 Å². The number of hydrogen-bond donors (Lipinski definition) is 0. The third kappa shape index (κ3) is 4.01. The van der Waals surface area contributed by atoms with Crippen LogP contribution in [0.4, 0.5) is 0 Å². The van der Waals surface area contributed by atoms with Gasteiger partial charge < -0.3 is 4.90 Å². The van der Waals surface area contributed by atoms with Crippen LogP contribution in [0.25, 0.3) is 0 Å². The molecular formula is C21H25NO2S. The standard InChI is InChI=1S/C21H25NO2S/c1-14-6-8-17(13-15(14)2)18-5-4-12-22(18)21(24)11-9-19(23)20-10-7-16(3)25-20/h6-8,10,13,18H,4-5,9,11-12H2,1-3H3. The van der Waals surface area contributed by atoms with E-state index in [0.29, 0.717) is 12.8 Å². The lowest BCUT2D eigenvalue weighted by Crippen LogP contribution is -2.30. The minimum atomic E-state index is 0.0772. The number of rotatable bonds is 5. The molecule has 2 heterocycles. The zero-order valence-corrected chi connectivity index (χ0v) is 16.0. The van der Waals surface area contributed by atoms with E-state index in [9.17, 15) is 9.59 Å². The number of Topliss-reactive ketones (excluding diaryl/α,β-unsaturated/α-hetero) is 1. The van der Waals surface area contributed by atoms with E-state index in [2.05, 4.69) is 32.0 Å². The molecule has 1 fully saturated rings. The van der Waals surface area contributed by atoms with E-state index in [4.69, 9.17) is 0 Å².